The molecule has 0 radical (unpaired) electrons. The molecule has 1 amide bonds. The lowest BCUT2D eigenvalue weighted by molar-refractivity contribution is -0.125. The normalized spacial score (nSPS) is 18.8. The Kier molecular flexibility index (Phi) is 6.80. The van der Waals surface area contributed by atoms with Crippen molar-refractivity contribution in [1.82, 2.24) is 24.3 Å². The van der Waals surface area contributed by atoms with Gasteiger partial charge >= 0.3 is 0 Å². The molecule has 2 aliphatic heterocycles. The largest absolute Gasteiger partial charge is 0.495 e. The minimum atomic E-state index is 0.0855. The van der Waals surface area contributed by atoms with Gasteiger partial charge in [0.2, 0.25) is 5.91 Å². The lowest BCUT2D eigenvalue weighted by Crippen LogP contribution is -2.30. The molecule has 0 aliphatic carbocycles. The van der Waals surface area contributed by atoms with Gasteiger partial charge in [0.15, 0.2) is 0 Å². The number of hydrogen-bond acceptors (Lipinski definition) is 7. The highest BCUT2D eigenvalue weighted by atomic mass is 32.1. The molecule has 4 aromatic rings. The van der Waals surface area contributed by atoms with Gasteiger partial charge in [0.05, 0.1) is 23.2 Å². The fourth-order valence-electron chi connectivity index (χ4n) is 5.84. The van der Waals surface area contributed by atoms with Crippen LogP contribution in [0.15, 0.2) is 42.9 Å². The molecule has 0 bridgehead atoms. The smallest absolute Gasteiger partial charge is 0.246 e. The molecule has 3 aromatic heterocycles. The molecule has 38 heavy (non-hydrogen) atoms. The molecule has 1 atom stereocenters. The number of carbonyl (C=O) groups is 1. The Labute approximate surface area is 226 Å². The third kappa shape index (κ3) is 4.65. The molecule has 1 aromatic carbocycles. The Bertz CT molecular complexity index is 1520. The molecule has 2 aliphatic rings. The lowest BCUT2D eigenvalue weighted by Gasteiger charge is -2.24. The number of carbonyl (C=O) groups excluding carboxylic acids is 1. The number of rotatable bonds is 6. The molecule has 0 spiro atoms. The Morgan fingerprint density at radius 1 is 1.18 bits per heavy atom. The van der Waals surface area contributed by atoms with Gasteiger partial charge in [-0.1, -0.05) is 18.6 Å². The molecule has 0 saturated carbocycles. The van der Waals surface area contributed by atoms with E-state index in [1.54, 1.807) is 24.5 Å². The number of nitrogen functional groups attached to an aromatic ring is 1. The van der Waals surface area contributed by atoms with Crippen molar-refractivity contribution < 1.29 is 9.53 Å². The van der Waals surface area contributed by atoms with E-state index in [0.29, 0.717) is 12.4 Å². The van der Waals surface area contributed by atoms with E-state index in [2.05, 4.69) is 50.8 Å². The van der Waals surface area contributed by atoms with Crippen molar-refractivity contribution >= 4 is 44.2 Å². The van der Waals surface area contributed by atoms with Crippen LogP contribution in [-0.2, 0) is 4.79 Å². The Balaban J connectivity index is 1.27. The van der Waals surface area contributed by atoms with E-state index in [-0.39, 0.29) is 11.9 Å². The molecule has 2 saturated heterocycles. The van der Waals surface area contributed by atoms with Crippen molar-refractivity contribution in [2.45, 2.75) is 38.6 Å². The van der Waals surface area contributed by atoms with Crippen LogP contribution in [0.1, 0.15) is 37.3 Å². The van der Waals surface area contributed by atoms with Crippen LogP contribution in [0.3, 0.4) is 0 Å². The number of aryl methyl sites for hydroxylation is 1. The zero-order valence-corrected chi connectivity index (χ0v) is 22.8. The van der Waals surface area contributed by atoms with Crippen LogP contribution in [-0.4, -0.2) is 70.1 Å². The minimum absolute atomic E-state index is 0.0855. The SMILES string of the molecule is COc1cc(C)cc2cc(-c3cn(C4CCN(C(=O)C=CCN5CCCCC5)C4)c4ncnc(N)c34)sc12. The third-order valence-electron chi connectivity index (χ3n) is 7.79. The maximum Gasteiger partial charge on any atom is 0.246 e. The summed E-state index contributed by atoms with van der Waals surface area (Å²) in [7, 11) is 1.71. The van der Waals surface area contributed by atoms with E-state index in [4.69, 9.17) is 10.5 Å². The number of anilines is 1. The highest BCUT2D eigenvalue weighted by Gasteiger charge is 2.29. The van der Waals surface area contributed by atoms with Crippen LogP contribution >= 0.6 is 11.3 Å². The number of thiophene rings is 1. The van der Waals surface area contributed by atoms with Crippen molar-refractivity contribution in [1.29, 1.82) is 0 Å². The number of methoxy groups -OCH3 is 1. The van der Waals surface area contributed by atoms with E-state index in [9.17, 15) is 4.79 Å². The highest BCUT2D eigenvalue weighted by molar-refractivity contribution is 7.22. The summed E-state index contributed by atoms with van der Waals surface area (Å²) in [6, 6.07) is 6.56. The van der Waals surface area contributed by atoms with Gasteiger partial charge in [0, 0.05) is 42.3 Å². The standard InChI is InChI=1S/C29H34N6O2S/c1-19-13-20-15-24(38-27(20)23(14-19)37-2)22-17-35(29-26(22)28(30)31-18-32-29)21-8-12-34(16-21)25(36)7-6-11-33-9-4-3-5-10-33/h6-7,13-15,17-18,21H,3-5,8-12,16H2,1-2H3,(H2,30,31,32). The third-order valence-corrected chi connectivity index (χ3v) is 8.99. The first-order chi connectivity index (χ1) is 18.5. The molecule has 1 unspecified atom stereocenters. The fourth-order valence-corrected chi connectivity index (χ4v) is 6.99. The molecule has 8 nitrogen and oxygen atoms in total. The molecule has 198 valence electrons. The second-order valence-electron chi connectivity index (χ2n) is 10.4. The van der Waals surface area contributed by atoms with Gasteiger partial charge in [-0.05, 0) is 62.4 Å². The first-order valence-electron chi connectivity index (χ1n) is 13.4. The molecule has 2 fully saturated rings. The van der Waals surface area contributed by atoms with Gasteiger partial charge in [0.25, 0.3) is 0 Å². The lowest BCUT2D eigenvalue weighted by atomic mass is 10.1. The average molecular weight is 531 g/mol. The minimum Gasteiger partial charge on any atom is -0.495 e. The molecule has 6 rings (SSSR count). The summed E-state index contributed by atoms with van der Waals surface area (Å²) < 4.78 is 8.97. The number of benzene rings is 1. The Hall–Kier alpha value is -3.43. The number of aromatic nitrogens is 3. The number of amides is 1. The van der Waals surface area contributed by atoms with E-state index in [1.165, 1.54) is 25.6 Å². The number of likely N-dealkylation sites (tertiary alicyclic amines) is 2. The average Bonchev–Trinajstić information content (AvgIpc) is 3.66. The first-order valence-corrected chi connectivity index (χ1v) is 14.2. The van der Waals surface area contributed by atoms with Crippen molar-refractivity contribution in [3.05, 3.63) is 48.4 Å². The molecule has 2 N–H and O–H groups in total. The summed E-state index contributed by atoms with van der Waals surface area (Å²) >= 11 is 1.69. The van der Waals surface area contributed by atoms with Gasteiger partial charge < -0.3 is 19.9 Å². The number of hydrogen-bond donors (Lipinski definition) is 1. The quantitative estimate of drug-likeness (QED) is 0.352. The van der Waals surface area contributed by atoms with Crippen molar-refractivity contribution in [3.8, 4) is 16.2 Å². The van der Waals surface area contributed by atoms with Gasteiger partial charge in [-0.2, -0.15) is 0 Å². The fraction of sp³-hybridized carbons (Fsp3) is 0.414. The highest BCUT2D eigenvalue weighted by Crippen LogP contribution is 2.43. The number of fused-ring (bicyclic) bond motifs is 2. The Morgan fingerprint density at radius 2 is 2.03 bits per heavy atom. The van der Waals surface area contributed by atoms with E-state index < -0.39 is 0 Å². The number of nitrogens with two attached hydrogens (primary N) is 1. The molecule has 5 heterocycles. The van der Waals surface area contributed by atoms with Gasteiger partial charge in [-0.25, -0.2) is 9.97 Å². The second-order valence-corrected chi connectivity index (χ2v) is 11.4. The van der Waals surface area contributed by atoms with Crippen LogP contribution in [0.4, 0.5) is 5.82 Å². The first kappa shape index (κ1) is 24.9. The summed E-state index contributed by atoms with van der Waals surface area (Å²) in [5.41, 5.74) is 9.40. The van der Waals surface area contributed by atoms with Crippen molar-refractivity contribution in [3.63, 3.8) is 0 Å². The van der Waals surface area contributed by atoms with E-state index in [0.717, 1.165) is 75.5 Å². The second kappa shape index (κ2) is 10.4. The predicted octanol–water partition coefficient (Wildman–Crippen LogP) is 5.03. The van der Waals surface area contributed by atoms with Crippen LogP contribution in [0.5, 0.6) is 5.75 Å². The maximum absolute atomic E-state index is 13.0. The number of piperidine rings is 1. The van der Waals surface area contributed by atoms with Crippen LogP contribution in [0, 0.1) is 6.92 Å². The zero-order chi connectivity index (χ0) is 26.2. The number of ether oxygens (including phenoxy) is 1. The predicted molar refractivity (Wildman–Crippen MR) is 154 cm³/mol. The summed E-state index contributed by atoms with van der Waals surface area (Å²) in [5.74, 6) is 1.43. The van der Waals surface area contributed by atoms with Crippen molar-refractivity contribution in [2.75, 3.05) is 45.6 Å². The monoisotopic (exact) mass is 530 g/mol. The molecule has 9 heteroatoms. The molecular weight excluding hydrogens is 496 g/mol. The van der Waals surface area contributed by atoms with E-state index >= 15 is 0 Å². The summed E-state index contributed by atoms with van der Waals surface area (Å²) in [6.45, 7) is 6.57. The topological polar surface area (TPSA) is 89.5 Å². The zero-order valence-electron chi connectivity index (χ0n) is 22.0. The van der Waals surface area contributed by atoms with Crippen LogP contribution in [0.25, 0.3) is 31.6 Å². The van der Waals surface area contributed by atoms with E-state index in [1.807, 2.05) is 11.0 Å². The van der Waals surface area contributed by atoms with Crippen molar-refractivity contribution in [2.24, 2.45) is 0 Å². The number of nitrogens with zero attached hydrogens (tertiary/aromatic N) is 5. The summed E-state index contributed by atoms with van der Waals surface area (Å²) in [5, 5.41) is 2.01. The van der Waals surface area contributed by atoms with Gasteiger partial charge in [0.1, 0.15) is 23.5 Å². The Morgan fingerprint density at radius 3 is 2.84 bits per heavy atom. The van der Waals surface area contributed by atoms with Gasteiger partial charge in [-0.15, -0.1) is 11.3 Å². The summed E-state index contributed by atoms with van der Waals surface area (Å²) in [4.78, 5) is 27.4. The van der Waals surface area contributed by atoms with Gasteiger partial charge in [-0.3, -0.25) is 9.69 Å². The summed E-state index contributed by atoms with van der Waals surface area (Å²) in [6.07, 6.45) is 12.1. The molecular formula is C29H34N6O2S. The maximum atomic E-state index is 13.0. The van der Waals surface area contributed by atoms with Crippen LogP contribution < -0.4 is 10.5 Å². The van der Waals surface area contributed by atoms with Crippen LogP contribution in [0.2, 0.25) is 0 Å².